The van der Waals surface area contributed by atoms with Gasteiger partial charge in [-0.05, 0) is 42.3 Å². The molecule has 1 aliphatic heterocycles. The van der Waals surface area contributed by atoms with Gasteiger partial charge in [-0.15, -0.1) is 0 Å². The summed E-state index contributed by atoms with van der Waals surface area (Å²) in [6, 6.07) is 16.5. The van der Waals surface area contributed by atoms with Gasteiger partial charge in [0, 0.05) is 17.1 Å². The van der Waals surface area contributed by atoms with Crippen LogP contribution in [-0.4, -0.2) is 49.6 Å². The summed E-state index contributed by atoms with van der Waals surface area (Å²) in [7, 11) is 4.48. The Morgan fingerprint density at radius 2 is 1.65 bits per heavy atom. The molecule has 7 nitrogen and oxygen atoms in total. The number of para-hydroxylation sites is 1. The first-order chi connectivity index (χ1) is 17.8. The summed E-state index contributed by atoms with van der Waals surface area (Å²) in [6.07, 6.45) is 0.467. The number of Topliss-reactive ketones (excluding diaryl/α,β-unsaturated/α-hetero) is 1. The molecule has 3 aromatic carbocycles. The van der Waals surface area contributed by atoms with Crippen molar-refractivity contribution >= 4 is 40.7 Å². The number of hydrogen-bond acceptors (Lipinski definition) is 6. The van der Waals surface area contributed by atoms with E-state index in [1.54, 1.807) is 31.4 Å². The van der Waals surface area contributed by atoms with E-state index in [-0.39, 0.29) is 33.5 Å². The maximum atomic E-state index is 13.4. The second-order valence-electron chi connectivity index (χ2n) is 8.30. The molecule has 0 saturated carbocycles. The minimum atomic E-state index is -0.920. The third-order valence-electron chi connectivity index (χ3n) is 6.24. The van der Waals surface area contributed by atoms with Crippen LogP contribution in [0, 0.1) is 0 Å². The normalized spacial score (nSPS) is 16.7. The molecule has 1 atom stereocenters. The van der Waals surface area contributed by atoms with Crippen LogP contribution in [0.4, 0.5) is 0 Å². The number of aliphatic hydroxyl groups excluding tert-OH is 1. The molecule has 0 aliphatic carbocycles. The SMILES string of the molecule is COc1ccc(CCN2C(=O)C(=O)/C(=C(/O)c3cc(Cl)cc(Cl)c3OC)C2c2ccccc2OC)cc1. The Morgan fingerprint density at radius 3 is 2.30 bits per heavy atom. The first kappa shape index (κ1) is 26.4. The van der Waals surface area contributed by atoms with Gasteiger partial charge < -0.3 is 24.2 Å². The Labute approximate surface area is 224 Å². The van der Waals surface area contributed by atoms with E-state index >= 15 is 0 Å². The van der Waals surface area contributed by atoms with Crippen molar-refractivity contribution in [1.29, 1.82) is 0 Å². The predicted molar refractivity (Wildman–Crippen MR) is 142 cm³/mol. The third kappa shape index (κ3) is 5.10. The average Bonchev–Trinajstić information content (AvgIpc) is 3.16. The summed E-state index contributed by atoms with van der Waals surface area (Å²) in [5.74, 6) is -0.702. The van der Waals surface area contributed by atoms with Gasteiger partial charge in [0.05, 0.1) is 43.5 Å². The molecule has 1 saturated heterocycles. The highest BCUT2D eigenvalue weighted by atomic mass is 35.5. The lowest BCUT2D eigenvalue weighted by molar-refractivity contribution is -0.139. The predicted octanol–water partition coefficient (Wildman–Crippen LogP) is 5.68. The largest absolute Gasteiger partial charge is 0.507 e. The number of carbonyl (C=O) groups is 2. The fourth-order valence-corrected chi connectivity index (χ4v) is 5.03. The summed E-state index contributed by atoms with van der Waals surface area (Å²) in [5, 5.41) is 11.8. The summed E-state index contributed by atoms with van der Waals surface area (Å²) < 4.78 is 16.1. The van der Waals surface area contributed by atoms with Crippen LogP contribution >= 0.6 is 23.2 Å². The highest BCUT2D eigenvalue weighted by Crippen LogP contribution is 2.45. The number of methoxy groups -OCH3 is 3. The summed E-state index contributed by atoms with van der Waals surface area (Å²) in [5.41, 5.74) is 1.49. The fraction of sp³-hybridized carbons (Fsp3) is 0.214. The summed E-state index contributed by atoms with van der Waals surface area (Å²) in [6.45, 7) is 0.212. The zero-order valence-corrected chi connectivity index (χ0v) is 22.0. The molecule has 1 fully saturated rings. The van der Waals surface area contributed by atoms with Gasteiger partial charge in [0.2, 0.25) is 0 Å². The van der Waals surface area contributed by atoms with Crippen LogP contribution in [0.5, 0.6) is 17.2 Å². The zero-order valence-electron chi connectivity index (χ0n) is 20.5. The van der Waals surface area contributed by atoms with Crippen molar-refractivity contribution in [2.45, 2.75) is 12.5 Å². The second-order valence-corrected chi connectivity index (χ2v) is 9.14. The van der Waals surface area contributed by atoms with Gasteiger partial charge in [-0.25, -0.2) is 0 Å². The van der Waals surface area contributed by atoms with E-state index < -0.39 is 23.5 Å². The van der Waals surface area contributed by atoms with Crippen LogP contribution < -0.4 is 14.2 Å². The van der Waals surface area contributed by atoms with Crippen molar-refractivity contribution in [2.75, 3.05) is 27.9 Å². The highest BCUT2D eigenvalue weighted by molar-refractivity contribution is 6.47. The van der Waals surface area contributed by atoms with Gasteiger partial charge in [0.15, 0.2) is 0 Å². The van der Waals surface area contributed by atoms with E-state index in [9.17, 15) is 14.7 Å². The van der Waals surface area contributed by atoms with Crippen molar-refractivity contribution in [1.82, 2.24) is 4.90 Å². The number of amides is 1. The number of ether oxygens (including phenoxy) is 3. The Bertz CT molecular complexity index is 1370. The lowest BCUT2D eigenvalue weighted by atomic mass is 9.94. The van der Waals surface area contributed by atoms with Crippen LogP contribution in [-0.2, 0) is 16.0 Å². The zero-order chi connectivity index (χ0) is 26.7. The maximum Gasteiger partial charge on any atom is 0.295 e. The molecule has 0 aromatic heterocycles. The molecule has 3 aromatic rings. The molecule has 1 N–H and O–H groups in total. The molecule has 4 rings (SSSR count). The van der Waals surface area contributed by atoms with Crippen molar-refractivity contribution in [2.24, 2.45) is 0 Å². The number of hydrogen-bond donors (Lipinski definition) is 1. The number of ketones is 1. The van der Waals surface area contributed by atoms with E-state index in [0.717, 1.165) is 5.56 Å². The highest BCUT2D eigenvalue weighted by Gasteiger charge is 2.47. The number of rotatable bonds is 8. The van der Waals surface area contributed by atoms with Crippen molar-refractivity contribution in [3.05, 3.63) is 93.0 Å². The summed E-state index contributed by atoms with van der Waals surface area (Å²) in [4.78, 5) is 28.2. The molecule has 192 valence electrons. The van der Waals surface area contributed by atoms with E-state index in [1.165, 1.54) is 31.3 Å². The number of nitrogens with zero attached hydrogens (tertiary/aromatic N) is 1. The van der Waals surface area contributed by atoms with Crippen LogP contribution in [0.15, 0.2) is 66.2 Å². The van der Waals surface area contributed by atoms with Crippen LogP contribution in [0.1, 0.15) is 22.7 Å². The number of likely N-dealkylation sites (tertiary alicyclic amines) is 1. The van der Waals surface area contributed by atoms with Gasteiger partial charge in [-0.1, -0.05) is 53.5 Å². The van der Waals surface area contributed by atoms with E-state index in [0.29, 0.717) is 23.5 Å². The first-order valence-corrected chi connectivity index (χ1v) is 12.1. The molecule has 0 radical (unpaired) electrons. The molecule has 37 heavy (non-hydrogen) atoms. The van der Waals surface area contributed by atoms with E-state index in [1.807, 2.05) is 24.3 Å². The molecular weight excluding hydrogens is 517 g/mol. The van der Waals surface area contributed by atoms with Gasteiger partial charge >= 0.3 is 0 Å². The average molecular weight is 542 g/mol. The second kappa shape index (κ2) is 11.2. The van der Waals surface area contributed by atoms with Crippen molar-refractivity contribution < 1.29 is 28.9 Å². The first-order valence-electron chi connectivity index (χ1n) is 11.4. The van der Waals surface area contributed by atoms with Gasteiger partial charge in [-0.2, -0.15) is 0 Å². The molecule has 0 spiro atoms. The monoisotopic (exact) mass is 541 g/mol. The maximum absolute atomic E-state index is 13.4. The molecule has 9 heteroatoms. The molecular formula is C28H25Cl2NO6. The lowest BCUT2D eigenvalue weighted by Crippen LogP contribution is -2.31. The topological polar surface area (TPSA) is 85.3 Å². The number of benzene rings is 3. The molecule has 1 aliphatic rings. The van der Waals surface area contributed by atoms with E-state index in [4.69, 9.17) is 37.4 Å². The third-order valence-corrected chi connectivity index (χ3v) is 6.74. The minimum Gasteiger partial charge on any atom is -0.507 e. The van der Waals surface area contributed by atoms with Crippen molar-refractivity contribution in [3.63, 3.8) is 0 Å². The number of carbonyl (C=O) groups excluding carboxylic acids is 2. The van der Waals surface area contributed by atoms with Gasteiger partial charge in [-0.3, -0.25) is 9.59 Å². The summed E-state index contributed by atoms with van der Waals surface area (Å²) >= 11 is 12.5. The standard InChI is InChI=1S/C28H25Cl2NO6/c1-35-18-10-8-16(9-11-18)12-13-31-24(19-6-4-5-7-22(19)36-2)23(26(33)28(31)34)25(32)20-14-17(29)15-21(30)27(20)37-3/h4-11,14-15,24,32H,12-13H2,1-3H3/b25-23+. The van der Waals surface area contributed by atoms with Crippen LogP contribution in [0.3, 0.4) is 0 Å². The molecule has 1 heterocycles. The van der Waals surface area contributed by atoms with E-state index in [2.05, 4.69) is 0 Å². The fourth-order valence-electron chi connectivity index (χ4n) is 4.46. The molecule has 1 unspecified atom stereocenters. The molecule has 0 bridgehead atoms. The Hall–Kier alpha value is -3.68. The van der Waals surface area contributed by atoms with Crippen LogP contribution in [0.25, 0.3) is 5.76 Å². The Kier molecular flexibility index (Phi) is 7.95. The quantitative estimate of drug-likeness (QED) is 0.224. The lowest BCUT2D eigenvalue weighted by Gasteiger charge is -2.27. The van der Waals surface area contributed by atoms with Gasteiger partial charge in [0.1, 0.15) is 23.0 Å². The minimum absolute atomic E-state index is 0.105. The smallest absolute Gasteiger partial charge is 0.295 e. The van der Waals surface area contributed by atoms with Crippen molar-refractivity contribution in [3.8, 4) is 17.2 Å². The number of aliphatic hydroxyl groups is 1. The Morgan fingerprint density at radius 1 is 0.946 bits per heavy atom. The van der Waals surface area contributed by atoms with Crippen LogP contribution in [0.2, 0.25) is 10.0 Å². The molecule has 1 amide bonds. The Balaban J connectivity index is 1.85. The number of halogens is 2. The van der Waals surface area contributed by atoms with Gasteiger partial charge in [0.25, 0.3) is 11.7 Å².